The maximum atomic E-state index is 14.7. The summed E-state index contributed by atoms with van der Waals surface area (Å²) in [5.74, 6) is -0.202. The van der Waals surface area contributed by atoms with Gasteiger partial charge in [0.05, 0.1) is 6.33 Å². The zero-order valence-corrected chi connectivity index (χ0v) is 17.8. The van der Waals surface area contributed by atoms with Crippen molar-refractivity contribution in [2.75, 3.05) is 7.05 Å². The molecule has 1 aliphatic rings. The van der Waals surface area contributed by atoms with Crippen molar-refractivity contribution in [3.8, 4) is 0 Å². The number of sulfonamides is 1. The molecule has 0 spiro atoms. The Morgan fingerprint density at radius 3 is 2.67 bits per heavy atom. The minimum absolute atomic E-state index is 0.0798. The molecule has 2 atom stereocenters. The van der Waals surface area contributed by atoms with E-state index >= 15 is 0 Å². The molecule has 0 saturated carbocycles. The second kappa shape index (κ2) is 8.29. The summed E-state index contributed by atoms with van der Waals surface area (Å²) in [6.45, 7) is -0.125. The lowest BCUT2D eigenvalue weighted by atomic mass is 9.90. The van der Waals surface area contributed by atoms with Crippen LogP contribution in [0.2, 0.25) is 0 Å². The molecule has 2 N–H and O–H groups in total. The lowest BCUT2D eigenvalue weighted by molar-refractivity contribution is 0.492. The number of hydrogen-bond donors (Lipinski definition) is 2. The lowest BCUT2D eigenvalue weighted by Gasteiger charge is -2.20. The molecule has 4 rings (SSSR count). The summed E-state index contributed by atoms with van der Waals surface area (Å²) in [7, 11) is -0.192. The number of fused-ring (bicyclic) bond motifs is 1. The number of benzene rings is 2. The van der Waals surface area contributed by atoms with Gasteiger partial charge in [-0.3, -0.25) is 0 Å². The fraction of sp³-hybridized carbons (Fsp3) is 0.318. The summed E-state index contributed by atoms with van der Waals surface area (Å²) in [4.78, 5) is 3.87. The van der Waals surface area contributed by atoms with Crippen molar-refractivity contribution >= 4 is 10.0 Å². The van der Waals surface area contributed by atoms with Crippen molar-refractivity contribution in [1.82, 2.24) is 19.6 Å². The van der Waals surface area contributed by atoms with Gasteiger partial charge in [0.15, 0.2) is 5.03 Å². The predicted molar refractivity (Wildman–Crippen MR) is 113 cm³/mol. The maximum absolute atomic E-state index is 14.7. The predicted octanol–water partition coefficient (Wildman–Crippen LogP) is 2.51. The topological polar surface area (TPSA) is 76.0 Å². The number of imidazole rings is 1. The highest BCUT2D eigenvalue weighted by Crippen LogP contribution is 2.37. The van der Waals surface area contributed by atoms with Crippen LogP contribution in [-0.2, 0) is 36.5 Å². The van der Waals surface area contributed by atoms with Crippen molar-refractivity contribution in [2.24, 2.45) is 7.05 Å². The van der Waals surface area contributed by atoms with Crippen molar-refractivity contribution < 1.29 is 12.8 Å². The van der Waals surface area contributed by atoms with E-state index in [0.29, 0.717) is 5.56 Å². The number of nitrogens with one attached hydrogen (secondary N) is 2. The summed E-state index contributed by atoms with van der Waals surface area (Å²) in [6, 6.07) is 13.8. The van der Waals surface area contributed by atoms with Gasteiger partial charge in [-0.1, -0.05) is 36.4 Å². The first kappa shape index (κ1) is 20.7. The SMILES string of the molecule is CN[C@@H]1Cc2cc(F)c(CNS(=O)(=O)c3cn(C)cn3)cc2[C@@H]1Cc1ccccc1. The van der Waals surface area contributed by atoms with Crippen LogP contribution in [0.5, 0.6) is 0 Å². The summed E-state index contributed by atoms with van der Waals surface area (Å²) >= 11 is 0. The van der Waals surface area contributed by atoms with E-state index in [4.69, 9.17) is 0 Å². The van der Waals surface area contributed by atoms with Crippen molar-refractivity contribution in [1.29, 1.82) is 0 Å². The average molecular weight is 429 g/mol. The van der Waals surface area contributed by atoms with Crippen LogP contribution in [0.1, 0.15) is 28.2 Å². The summed E-state index contributed by atoms with van der Waals surface area (Å²) in [5.41, 5.74) is 3.61. The van der Waals surface area contributed by atoms with Crippen LogP contribution >= 0.6 is 0 Å². The van der Waals surface area contributed by atoms with E-state index in [-0.39, 0.29) is 23.5 Å². The van der Waals surface area contributed by atoms with Gasteiger partial charge in [0.2, 0.25) is 0 Å². The number of rotatable bonds is 7. The van der Waals surface area contributed by atoms with E-state index in [2.05, 4.69) is 27.2 Å². The second-order valence-electron chi connectivity index (χ2n) is 7.74. The van der Waals surface area contributed by atoms with Gasteiger partial charge in [-0.15, -0.1) is 0 Å². The Morgan fingerprint density at radius 1 is 1.23 bits per heavy atom. The standard InChI is InChI=1S/C22H25FN4O2S/c1-24-21-11-16-10-20(23)17(12-26-30(28,29)22-13-27(2)14-25-22)9-18(16)19(21)8-15-6-4-3-5-7-15/h3-7,9-10,13-14,19,21,24,26H,8,11-12H2,1-2H3/t19-,21+/m0/s1. The van der Waals surface area contributed by atoms with E-state index in [1.54, 1.807) is 17.7 Å². The zero-order valence-electron chi connectivity index (χ0n) is 17.0. The number of likely N-dealkylation sites (N-methyl/N-ethyl adjacent to an activating group) is 1. The number of hydrogen-bond acceptors (Lipinski definition) is 4. The smallest absolute Gasteiger partial charge is 0.259 e. The van der Waals surface area contributed by atoms with E-state index in [9.17, 15) is 12.8 Å². The molecule has 0 amide bonds. The number of aromatic nitrogens is 2. The molecule has 0 fully saturated rings. The Labute approximate surface area is 176 Å². The molecule has 0 bridgehead atoms. The van der Waals surface area contributed by atoms with E-state index < -0.39 is 15.8 Å². The van der Waals surface area contributed by atoms with Crippen LogP contribution in [0.4, 0.5) is 4.39 Å². The van der Waals surface area contributed by atoms with E-state index in [1.165, 1.54) is 18.1 Å². The van der Waals surface area contributed by atoms with Gasteiger partial charge < -0.3 is 9.88 Å². The lowest BCUT2D eigenvalue weighted by Crippen LogP contribution is -2.30. The molecule has 6 nitrogen and oxygen atoms in total. The first-order chi connectivity index (χ1) is 14.4. The van der Waals surface area contributed by atoms with E-state index in [0.717, 1.165) is 24.0 Å². The Kier molecular flexibility index (Phi) is 5.73. The fourth-order valence-electron chi connectivity index (χ4n) is 4.13. The normalized spacial score (nSPS) is 18.5. The molecule has 30 heavy (non-hydrogen) atoms. The highest BCUT2D eigenvalue weighted by Gasteiger charge is 2.32. The Balaban J connectivity index is 1.59. The van der Waals surface area contributed by atoms with Gasteiger partial charge >= 0.3 is 0 Å². The molecule has 0 aliphatic heterocycles. The average Bonchev–Trinajstić information content (AvgIpc) is 3.31. The quantitative estimate of drug-likeness (QED) is 0.606. The van der Waals surface area contributed by atoms with Gasteiger partial charge in [0, 0.05) is 37.3 Å². The van der Waals surface area contributed by atoms with Crippen LogP contribution in [0, 0.1) is 5.82 Å². The van der Waals surface area contributed by atoms with Crippen LogP contribution in [0.15, 0.2) is 60.0 Å². The maximum Gasteiger partial charge on any atom is 0.259 e. The molecule has 1 aromatic heterocycles. The van der Waals surface area contributed by atoms with Crippen LogP contribution in [-0.4, -0.2) is 31.1 Å². The number of nitrogens with zero attached hydrogens (tertiary/aromatic N) is 2. The minimum Gasteiger partial charge on any atom is -0.339 e. The Hall–Kier alpha value is -2.55. The summed E-state index contributed by atoms with van der Waals surface area (Å²) < 4.78 is 43.7. The number of aryl methyl sites for hydroxylation is 1. The molecular weight excluding hydrogens is 403 g/mol. The monoisotopic (exact) mass is 428 g/mol. The largest absolute Gasteiger partial charge is 0.339 e. The summed E-state index contributed by atoms with van der Waals surface area (Å²) in [5, 5.41) is 3.28. The third-order valence-corrected chi connectivity index (χ3v) is 7.00. The van der Waals surface area contributed by atoms with Crippen molar-refractivity contribution in [2.45, 2.75) is 36.4 Å². The van der Waals surface area contributed by atoms with Gasteiger partial charge in [-0.2, -0.15) is 0 Å². The molecule has 2 aromatic carbocycles. The van der Waals surface area contributed by atoms with Crippen molar-refractivity contribution in [3.63, 3.8) is 0 Å². The Morgan fingerprint density at radius 2 is 2.00 bits per heavy atom. The Bertz CT molecular complexity index is 1150. The molecule has 0 radical (unpaired) electrons. The molecule has 1 heterocycles. The van der Waals surface area contributed by atoms with Gasteiger partial charge in [-0.25, -0.2) is 22.5 Å². The first-order valence-electron chi connectivity index (χ1n) is 9.87. The summed E-state index contributed by atoms with van der Waals surface area (Å²) in [6.07, 6.45) is 4.41. The zero-order chi connectivity index (χ0) is 21.3. The van der Waals surface area contributed by atoms with Crippen molar-refractivity contribution in [3.05, 3.63) is 83.1 Å². The van der Waals surface area contributed by atoms with Crippen LogP contribution in [0.3, 0.4) is 0 Å². The molecule has 1 aliphatic carbocycles. The molecule has 0 unspecified atom stereocenters. The van der Waals surface area contributed by atoms with Gasteiger partial charge in [0.1, 0.15) is 5.82 Å². The van der Waals surface area contributed by atoms with Gasteiger partial charge in [-0.05, 0) is 42.6 Å². The fourth-order valence-corrected chi connectivity index (χ4v) is 5.11. The molecular formula is C22H25FN4O2S. The van der Waals surface area contributed by atoms with E-state index in [1.807, 2.05) is 31.3 Å². The highest BCUT2D eigenvalue weighted by atomic mass is 32.2. The highest BCUT2D eigenvalue weighted by molar-refractivity contribution is 7.89. The molecule has 3 aromatic rings. The molecule has 8 heteroatoms. The molecule has 158 valence electrons. The molecule has 0 saturated heterocycles. The third kappa shape index (κ3) is 4.16. The number of halogens is 1. The third-order valence-electron chi connectivity index (χ3n) is 5.71. The first-order valence-corrected chi connectivity index (χ1v) is 11.4. The van der Waals surface area contributed by atoms with Crippen LogP contribution in [0.25, 0.3) is 0 Å². The minimum atomic E-state index is -3.81. The van der Waals surface area contributed by atoms with Crippen LogP contribution < -0.4 is 10.0 Å². The second-order valence-corrected chi connectivity index (χ2v) is 9.45. The van der Waals surface area contributed by atoms with Gasteiger partial charge in [0.25, 0.3) is 10.0 Å².